The van der Waals surface area contributed by atoms with E-state index in [0.717, 1.165) is 30.9 Å². The zero-order valence-corrected chi connectivity index (χ0v) is 14.8. The van der Waals surface area contributed by atoms with Crippen molar-refractivity contribution >= 4 is 0 Å². The molecule has 124 valence electrons. The van der Waals surface area contributed by atoms with Crippen molar-refractivity contribution in [1.82, 2.24) is 5.32 Å². The molecule has 3 atom stereocenters. The quantitative estimate of drug-likeness (QED) is 0.761. The van der Waals surface area contributed by atoms with E-state index in [1.54, 1.807) is 0 Å². The first-order valence-corrected chi connectivity index (χ1v) is 9.48. The van der Waals surface area contributed by atoms with Crippen molar-refractivity contribution in [3.8, 4) is 0 Å². The van der Waals surface area contributed by atoms with Crippen LogP contribution in [-0.2, 0) is 4.74 Å². The summed E-state index contributed by atoms with van der Waals surface area (Å²) in [6.45, 7) is 11.2. The predicted molar refractivity (Wildman–Crippen MR) is 90.6 cm³/mol. The molecule has 0 aliphatic heterocycles. The number of nitrogens with one attached hydrogen (secondary N) is 1. The molecule has 0 aromatic rings. The Morgan fingerprint density at radius 2 is 1.76 bits per heavy atom. The average molecular weight is 296 g/mol. The molecule has 2 saturated carbocycles. The SMILES string of the molecule is CCNC(C1CCC(C)CC1)C1(OCC)CCCC(C)C1. The summed E-state index contributed by atoms with van der Waals surface area (Å²) in [6.07, 6.45) is 10.8. The van der Waals surface area contributed by atoms with E-state index in [1.165, 1.54) is 51.4 Å². The minimum atomic E-state index is 0.105. The summed E-state index contributed by atoms with van der Waals surface area (Å²) in [4.78, 5) is 0. The predicted octanol–water partition coefficient (Wildman–Crippen LogP) is 4.78. The molecule has 0 saturated heterocycles. The molecule has 0 aromatic heterocycles. The molecule has 1 N–H and O–H groups in total. The molecule has 2 fully saturated rings. The van der Waals surface area contributed by atoms with E-state index in [1.807, 2.05) is 0 Å². The van der Waals surface area contributed by atoms with Crippen molar-refractivity contribution in [2.45, 2.75) is 90.7 Å². The van der Waals surface area contributed by atoms with Gasteiger partial charge < -0.3 is 10.1 Å². The Labute approximate surface area is 132 Å². The third kappa shape index (κ3) is 4.22. The Hall–Kier alpha value is -0.0800. The average Bonchev–Trinajstić information content (AvgIpc) is 2.46. The van der Waals surface area contributed by atoms with Crippen LogP contribution in [0, 0.1) is 17.8 Å². The van der Waals surface area contributed by atoms with Gasteiger partial charge >= 0.3 is 0 Å². The van der Waals surface area contributed by atoms with E-state index in [4.69, 9.17) is 4.74 Å². The Balaban J connectivity index is 2.15. The van der Waals surface area contributed by atoms with Gasteiger partial charge in [-0.25, -0.2) is 0 Å². The number of rotatable bonds is 6. The number of hydrogen-bond donors (Lipinski definition) is 1. The van der Waals surface area contributed by atoms with E-state index in [9.17, 15) is 0 Å². The van der Waals surface area contributed by atoms with E-state index >= 15 is 0 Å². The van der Waals surface area contributed by atoms with E-state index < -0.39 is 0 Å². The summed E-state index contributed by atoms with van der Waals surface area (Å²) in [5.74, 6) is 2.56. The van der Waals surface area contributed by atoms with Gasteiger partial charge in [0.05, 0.1) is 5.60 Å². The first-order chi connectivity index (χ1) is 10.1. The van der Waals surface area contributed by atoms with Crippen LogP contribution in [0.1, 0.15) is 79.1 Å². The van der Waals surface area contributed by atoms with Gasteiger partial charge in [-0.2, -0.15) is 0 Å². The lowest BCUT2D eigenvalue weighted by molar-refractivity contribution is -0.115. The van der Waals surface area contributed by atoms with Crippen LogP contribution in [-0.4, -0.2) is 24.8 Å². The molecule has 2 rings (SSSR count). The summed E-state index contributed by atoms with van der Waals surface area (Å²) in [5, 5.41) is 3.86. The molecule has 0 heterocycles. The lowest BCUT2D eigenvalue weighted by Gasteiger charge is -2.49. The summed E-state index contributed by atoms with van der Waals surface area (Å²) < 4.78 is 6.47. The topological polar surface area (TPSA) is 21.3 Å². The first-order valence-electron chi connectivity index (χ1n) is 9.48. The lowest BCUT2D eigenvalue weighted by Crippen LogP contribution is -2.58. The molecule has 0 amide bonds. The normalized spacial score (nSPS) is 39.1. The van der Waals surface area contributed by atoms with Crippen molar-refractivity contribution < 1.29 is 4.74 Å². The van der Waals surface area contributed by atoms with Gasteiger partial charge in [-0.3, -0.25) is 0 Å². The van der Waals surface area contributed by atoms with Gasteiger partial charge in [-0.05, 0) is 56.9 Å². The second-order valence-electron chi connectivity index (χ2n) is 7.75. The highest BCUT2D eigenvalue weighted by Crippen LogP contribution is 2.43. The zero-order chi connectivity index (χ0) is 15.3. The number of likely N-dealkylation sites (N-methyl/N-ethyl adjacent to an activating group) is 1. The fraction of sp³-hybridized carbons (Fsp3) is 1.00. The fourth-order valence-corrected chi connectivity index (χ4v) is 4.96. The van der Waals surface area contributed by atoms with Crippen molar-refractivity contribution in [3.05, 3.63) is 0 Å². The van der Waals surface area contributed by atoms with Crippen LogP contribution in [0.25, 0.3) is 0 Å². The van der Waals surface area contributed by atoms with Crippen molar-refractivity contribution in [2.75, 3.05) is 13.2 Å². The second kappa shape index (κ2) is 7.97. The first kappa shape index (κ1) is 17.3. The van der Waals surface area contributed by atoms with Crippen LogP contribution in [0.15, 0.2) is 0 Å². The largest absolute Gasteiger partial charge is 0.374 e. The van der Waals surface area contributed by atoms with Crippen molar-refractivity contribution in [3.63, 3.8) is 0 Å². The van der Waals surface area contributed by atoms with Gasteiger partial charge in [0.15, 0.2) is 0 Å². The molecule has 0 radical (unpaired) electrons. The molecule has 2 heteroatoms. The Bertz CT molecular complexity index is 294. The monoisotopic (exact) mass is 295 g/mol. The standard InChI is InChI=1S/C19H37NO/c1-5-20-18(17-11-9-15(3)10-12-17)19(21-6-2)13-7-8-16(4)14-19/h15-18,20H,5-14H2,1-4H3. The smallest absolute Gasteiger partial charge is 0.0839 e. The summed E-state index contributed by atoms with van der Waals surface area (Å²) in [7, 11) is 0. The minimum Gasteiger partial charge on any atom is -0.374 e. The maximum absolute atomic E-state index is 6.47. The van der Waals surface area contributed by atoms with Crippen LogP contribution >= 0.6 is 0 Å². The Kier molecular flexibility index (Phi) is 6.55. The maximum Gasteiger partial charge on any atom is 0.0839 e. The molecule has 2 aliphatic rings. The van der Waals surface area contributed by atoms with Gasteiger partial charge in [0.2, 0.25) is 0 Å². The highest BCUT2D eigenvalue weighted by molar-refractivity contribution is 5.00. The Morgan fingerprint density at radius 3 is 2.33 bits per heavy atom. The minimum absolute atomic E-state index is 0.105. The van der Waals surface area contributed by atoms with Crippen LogP contribution < -0.4 is 5.32 Å². The Morgan fingerprint density at radius 1 is 1.05 bits per heavy atom. The van der Waals surface area contributed by atoms with E-state index in [0.29, 0.717) is 6.04 Å². The molecular formula is C19H37NO. The van der Waals surface area contributed by atoms with Crippen molar-refractivity contribution in [1.29, 1.82) is 0 Å². The number of hydrogen-bond acceptors (Lipinski definition) is 2. The molecule has 21 heavy (non-hydrogen) atoms. The summed E-state index contributed by atoms with van der Waals surface area (Å²) in [5.41, 5.74) is 0.105. The summed E-state index contributed by atoms with van der Waals surface area (Å²) >= 11 is 0. The van der Waals surface area contributed by atoms with Crippen LogP contribution in [0.3, 0.4) is 0 Å². The molecular weight excluding hydrogens is 258 g/mol. The van der Waals surface area contributed by atoms with Gasteiger partial charge in [-0.1, -0.05) is 46.5 Å². The van der Waals surface area contributed by atoms with Gasteiger partial charge in [0, 0.05) is 12.6 Å². The molecule has 3 unspecified atom stereocenters. The van der Waals surface area contributed by atoms with E-state index in [2.05, 4.69) is 33.0 Å². The second-order valence-corrected chi connectivity index (χ2v) is 7.75. The zero-order valence-electron chi connectivity index (χ0n) is 14.8. The molecule has 0 spiro atoms. The third-order valence-corrected chi connectivity index (χ3v) is 5.95. The fourth-order valence-electron chi connectivity index (χ4n) is 4.96. The summed E-state index contributed by atoms with van der Waals surface area (Å²) in [6, 6.07) is 0.567. The number of ether oxygens (including phenoxy) is 1. The molecule has 2 aliphatic carbocycles. The van der Waals surface area contributed by atoms with Crippen molar-refractivity contribution in [2.24, 2.45) is 17.8 Å². The van der Waals surface area contributed by atoms with Gasteiger partial charge in [0.1, 0.15) is 0 Å². The molecule has 2 nitrogen and oxygen atoms in total. The van der Waals surface area contributed by atoms with Crippen LogP contribution in [0.5, 0.6) is 0 Å². The van der Waals surface area contributed by atoms with Crippen LogP contribution in [0.2, 0.25) is 0 Å². The van der Waals surface area contributed by atoms with Crippen LogP contribution in [0.4, 0.5) is 0 Å². The molecule has 0 bridgehead atoms. The van der Waals surface area contributed by atoms with Gasteiger partial charge in [0.25, 0.3) is 0 Å². The lowest BCUT2D eigenvalue weighted by atomic mass is 9.67. The molecule has 0 aromatic carbocycles. The highest BCUT2D eigenvalue weighted by atomic mass is 16.5. The maximum atomic E-state index is 6.47. The third-order valence-electron chi connectivity index (χ3n) is 5.95. The highest BCUT2D eigenvalue weighted by Gasteiger charge is 2.46. The van der Waals surface area contributed by atoms with Gasteiger partial charge in [-0.15, -0.1) is 0 Å². The van der Waals surface area contributed by atoms with E-state index in [-0.39, 0.29) is 5.60 Å².